The van der Waals surface area contributed by atoms with Crippen LogP contribution in [0.5, 0.6) is 0 Å². The Bertz CT molecular complexity index is 138. The molecule has 0 aromatic heterocycles. The van der Waals surface area contributed by atoms with Crippen LogP contribution in [-0.4, -0.2) is 49.1 Å². The summed E-state index contributed by atoms with van der Waals surface area (Å²) in [5.41, 5.74) is 0. The summed E-state index contributed by atoms with van der Waals surface area (Å²) in [6.07, 6.45) is 6.73. The molecule has 2 aliphatic rings. The summed E-state index contributed by atoms with van der Waals surface area (Å²) >= 11 is 0. The van der Waals surface area contributed by atoms with Crippen molar-refractivity contribution in [1.29, 1.82) is 0 Å². The monoisotopic (exact) mass is 167 g/mol. The standard InChI is InChI=1S/C10H19N2/c1-11-8-5-10(9-11)12-6-3-2-4-7-12/h5,10H,2-4,6-9H2,1H3. The van der Waals surface area contributed by atoms with Gasteiger partial charge >= 0.3 is 0 Å². The zero-order valence-corrected chi connectivity index (χ0v) is 8.00. The number of piperidine rings is 1. The third-order valence-corrected chi connectivity index (χ3v) is 3.05. The van der Waals surface area contributed by atoms with Crippen molar-refractivity contribution in [2.75, 3.05) is 33.2 Å². The zero-order valence-electron chi connectivity index (χ0n) is 8.00. The Balaban J connectivity index is 1.83. The highest BCUT2D eigenvalue weighted by Crippen LogP contribution is 2.18. The van der Waals surface area contributed by atoms with Gasteiger partial charge in [0.25, 0.3) is 0 Å². The average Bonchev–Trinajstić information content (AvgIpc) is 2.54. The SMILES string of the molecule is CN1C[CH]C(N2CCCCC2)C1. The second-order valence-corrected chi connectivity index (χ2v) is 4.12. The van der Waals surface area contributed by atoms with Crippen LogP contribution in [0, 0.1) is 6.42 Å². The summed E-state index contributed by atoms with van der Waals surface area (Å²) in [5, 5.41) is 0. The van der Waals surface area contributed by atoms with Crippen molar-refractivity contribution >= 4 is 0 Å². The predicted octanol–water partition coefficient (Wildman–Crippen LogP) is 0.991. The molecule has 2 saturated heterocycles. The number of hydrogen-bond donors (Lipinski definition) is 0. The highest BCUT2D eigenvalue weighted by Gasteiger charge is 2.26. The maximum Gasteiger partial charge on any atom is 0.0267 e. The second kappa shape index (κ2) is 3.75. The fraction of sp³-hybridized carbons (Fsp3) is 0.900. The molecule has 0 spiro atoms. The normalized spacial score (nSPS) is 34.2. The Labute approximate surface area is 75.5 Å². The largest absolute Gasteiger partial charge is 0.304 e. The summed E-state index contributed by atoms with van der Waals surface area (Å²) in [4.78, 5) is 5.05. The van der Waals surface area contributed by atoms with E-state index in [0.717, 1.165) is 6.04 Å². The average molecular weight is 167 g/mol. The van der Waals surface area contributed by atoms with Crippen LogP contribution in [-0.2, 0) is 0 Å². The minimum absolute atomic E-state index is 0.760. The van der Waals surface area contributed by atoms with Crippen LogP contribution >= 0.6 is 0 Å². The van der Waals surface area contributed by atoms with E-state index in [2.05, 4.69) is 23.3 Å². The Morgan fingerprint density at radius 3 is 2.50 bits per heavy atom. The molecule has 69 valence electrons. The van der Waals surface area contributed by atoms with Crippen molar-refractivity contribution in [1.82, 2.24) is 9.80 Å². The summed E-state index contributed by atoms with van der Waals surface area (Å²) in [7, 11) is 2.21. The Hall–Kier alpha value is -0.0800. The number of likely N-dealkylation sites (tertiary alicyclic amines) is 2. The van der Waals surface area contributed by atoms with Gasteiger partial charge in [-0.15, -0.1) is 0 Å². The van der Waals surface area contributed by atoms with E-state index in [-0.39, 0.29) is 0 Å². The molecule has 1 radical (unpaired) electrons. The van der Waals surface area contributed by atoms with E-state index in [1.807, 2.05) is 0 Å². The molecule has 0 aromatic rings. The molecule has 2 aliphatic heterocycles. The van der Waals surface area contributed by atoms with E-state index >= 15 is 0 Å². The van der Waals surface area contributed by atoms with E-state index in [9.17, 15) is 0 Å². The van der Waals surface area contributed by atoms with Crippen molar-refractivity contribution < 1.29 is 0 Å². The van der Waals surface area contributed by atoms with Crippen molar-refractivity contribution in [2.24, 2.45) is 0 Å². The van der Waals surface area contributed by atoms with E-state index in [0.29, 0.717) is 0 Å². The van der Waals surface area contributed by atoms with E-state index < -0.39 is 0 Å². The van der Waals surface area contributed by atoms with Gasteiger partial charge in [0.1, 0.15) is 0 Å². The quantitative estimate of drug-likeness (QED) is 0.574. The van der Waals surface area contributed by atoms with E-state index in [1.165, 1.54) is 45.4 Å². The third-order valence-electron chi connectivity index (χ3n) is 3.05. The summed E-state index contributed by atoms with van der Waals surface area (Å²) in [6.45, 7) is 5.09. The van der Waals surface area contributed by atoms with Crippen molar-refractivity contribution in [3.63, 3.8) is 0 Å². The molecule has 2 nitrogen and oxygen atoms in total. The molecule has 0 bridgehead atoms. The molecular formula is C10H19N2. The fourth-order valence-electron chi connectivity index (χ4n) is 2.28. The number of nitrogens with zero attached hydrogens (tertiary/aromatic N) is 2. The summed E-state index contributed by atoms with van der Waals surface area (Å²) in [6, 6.07) is 0.760. The molecule has 2 rings (SSSR count). The molecule has 0 aliphatic carbocycles. The molecule has 0 amide bonds. The lowest BCUT2D eigenvalue weighted by molar-refractivity contribution is 0.179. The molecule has 2 heterocycles. The Morgan fingerprint density at radius 1 is 1.17 bits per heavy atom. The van der Waals surface area contributed by atoms with Crippen LogP contribution in [0.3, 0.4) is 0 Å². The fourth-order valence-corrected chi connectivity index (χ4v) is 2.28. The minimum Gasteiger partial charge on any atom is -0.304 e. The van der Waals surface area contributed by atoms with Gasteiger partial charge in [0, 0.05) is 19.1 Å². The van der Waals surface area contributed by atoms with Gasteiger partial charge in [0.15, 0.2) is 0 Å². The number of hydrogen-bond acceptors (Lipinski definition) is 2. The van der Waals surface area contributed by atoms with Gasteiger partial charge in [-0.25, -0.2) is 0 Å². The first-order chi connectivity index (χ1) is 5.86. The molecule has 1 unspecified atom stereocenters. The van der Waals surface area contributed by atoms with Crippen LogP contribution in [0.4, 0.5) is 0 Å². The predicted molar refractivity (Wildman–Crippen MR) is 51.0 cm³/mol. The van der Waals surface area contributed by atoms with Crippen LogP contribution in [0.2, 0.25) is 0 Å². The number of rotatable bonds is 1. The lowest BCUT2D eigenvalue weighted by Gasteiger charge is -2.31. The summed E-state index contributed by atoms with van der Waals surface area (Å²) < 4.78 is 0. The van der Waals surface area contributed by atoms with Gasteiger partial charge < -0.3 is 4.90 Å². The van der Waals surface area contributed by atoms with Gasteiger partial charge in [-0.2, -0.15) is 0 Å². The highest BCUT2D eigenvalue weighted by atomic mass is 15.2. The van der Waals surface area contributed by atoms with Gasteiger partial charge in [0.05, 0.1) is 0 Å². The van der Waals surface area contributed by atoms with E-state index in [1.54, 1.807) is 0 Å². The first-order valence-corrected chi connectivity index (χ1v) is 5.12. The van der Waals surface area contributed by atoms with Gasteiger partial charge in [-0.05, 0) is 39.4 Å². The molecule has 0 saturated carbocycles. The van der Waals surface area contributed by atoms with Gasteiger partial charge in [-0.1, -0.05) is 6.42 Å². The minimum atomic E-state index is 0.760. The van der Waals surface area contributed by atoms with Crippen LogP contribution in [0.15, 0.2) is 0 Å². The van der Waals surface area contributed by atoms with Crippen molar-refractivity contribution in [2.45, 2.75) is 25.3 Å². The maximum atomic E-state index is 2.65. The molecule has 2 fully saturated rings. The smallest absolute Gasteiger partial charge is 0.0267 e. The van der Waals surface area contributed by atoms with Crippen LogP contribution < -0.4 is 0 Å². The zero-order chi connectivity index (χ0) is 8.39. The lowest BCUT2D eigenvalue weighted by Crippen LogP contribution is -2.40. The van der Waals surface area contributed by atoms with Crippen molar-refractivity contribution in [3.8, 4) is 0 Å². The van der Waals surface area contributed by atoms with E-state index in [4.69, 9.17) is 0 Å². The maximum absolute atomic E-state index is 2.65. The summed E-state index contributed by atoms with van der Waals surface area (Å²) in [5.74, 6) is 0. The highest BCUT2D eigenvalue weighted by molar-refractivity contribution is 4.96. The van der Waals surface area contributed by atoms with Crippen molar-refractivity contribution in [3.05, 3.63) is 6.42 Å². The lowest BCUT2D eigenvalue weighted by atomic mass is 10.1. The van der Waals surface area contributed by atoms with Crippen LogP contribution in [0.25, 0.3) is 0 Å². The molecule has 2 heteroatoms. The molecular weight excluding hydrogens is 148 g/mol. The first kappa shape index (κ1) is 8.52. The van der Waals surface area contributed by atoms with Gasteiger partial charge in [0.2, 0.25) is 0 Å². The molecule has 0 aromatic carbocycles. The van der Waals surface area contributed by atoms with Gasteiger partial charge in [-0.3, -0.25) is 4.90 Å². The number of likely N-dealkylation sites (N-methyl/N-ethyl adjacent to an activating group) is 1. The third kappa shape index (κ3) is 1.80. The molecule has 12 heavy (non-hydrogen) atoms. The Morgan fingerprint density at radius 2 is 1.92 bits per heavy atom. The first-order valence-electron chi connectivity index (χ1n) is 5.12. The Kier molecular flexibility index (Phi) is 2.66. The molecule has 1 atom stereocenters. The topological polar surface area (TPSA) is 6.48 Å². The molecule has 0 N–H and O–H groups in total. The van der Waals surface area contributed by atoms with Crippen LogP contribution in [0.1, 0.15) is 19.3 Å². The second-order valence-electron chi connectivity index (χ2n) is 4.12.